The average Bonchev–Trinajstić information content (AvgIpc) is 3.03. The van der Waals surface area contributed by atoms with Gasteiger partial charge in [0.25, 0.3) is 0 Å². The summed E-state index contributed by atoms with van der Waals surface area (Å²) in [6, 6.07) is 8.13. The molecule has 1 saturated heterocycles. The Kier molecular flexibility index (Phi) is 5.03. The summed E-state index contributed by atoms with van der Waals surface area (Å²) in [5.74, 6) is -1.16. The van der Waals surface area contributed by atoms with E-state index in [0.29, 0.717) is 18.6 Å². The molecule has 2 atom stereocenters. The van der Waals surface area contributed by atoms with Gasteiger partial charge < -0.3 is 9.47 Å². The minimum absolute atomic E-state index is 0.0779. The number of pyridine rings is 1. The third kappa shape index (κ3) is 3.76. The second kappa shape index (κ2) is 7.19. The van der Waals surface area contributed by atoms with E-state index in [9.17, 15) is 9.18 Å². The molecule has 2 aromatic rings. The first-order valence-corrected chi connectivity index (χ1v) is 8.06. The number of hydrogen-bond donors (Lipinski definition) is 0. The molecule has 1 aromatic carbocycles. The van der Waals surface area contributed by atoms with Crippen LogP contribution in [0.25, 0.3) is 0 Å². The fourth-order valence-electron chi connectivity index (χ4n) is 2.61. The lowest BCUT2D eigenvalue weighted by molar-refractivity contribution is -0.152. The predicted molar refractivity (Wildman–Crippen MR) is 84.9 cm³/mol. The summed E-state index contributed by atoms with van der Waals surface area (Å²) in [5.41, 5.74) is 1.19. The van der Waals surface area contributed by atoms with Crippen molar-refractivity contribution in [3.63, 3.8) is 0 Å². The fraction of sp³-hybridized carbons (Fsp3) is 0.294. The van der Waals surface area contributed by atoms with Crippen LogP contribution in [0.15, 0.2) is 47.2 Å². The number of aromatic nitrogens is 1. The van der Waals surface area contributed by atoms with E-state index < -0.39 is 5.92 Å². The van der Waals surface area contributed by atoms with Gasteiger partial charge in [0.2, 0.25) is 0 Å². The molecule has 1 aromatic heterocycles. The first-order valence-electron chi connectivity index (χ1n) is 7.27. The molecule has 0 spiro atoms. The van der Waals surface area contributed by atoms with E-state index >= 15 is 0 Å². The van der Waals surface area contributed by atoms with Crippen LogP contribution in [0.3, 0.4) is 0 Å². The van der Waals surface area contributed by atoms with Crippen LogP contribution in [0.2, 0.25) is 0 Å². The highest BCUT2D eigenvalue weighted by molar-refractivity contribution is 9.10. The highest BCUT2D eigenvalue weighted by atomic mass is 79.9. The summed E-state index contributed by atoms with van der Waals surface area (Å²) in [5, 5.41) is 0. The van der Waals surface area contributed by atoms with Crippen LogP contribution in [0.5, 0.6) is 0 Å². The Balaban J connectivity index is 1.68. The Morgan fingerprint density at radius 2 is 2.22 bits per heavy atom. The highest BCUT2D eigenvalue weighted by Gasteiger charge is 2.36. The molecular weight excluding hydrogens is 365 g/mol. The molecule has 120 valence electrons. The van der Waals surface area contributed by atoms with E-state index in [4.69, 9.17) is 9.47 Å². The molecule has 1 aliphatic heterocycles. The monoisotopic (exact) mass is 379 g/mol. The number of ether oxygens (including phenoxy) is 2. The Labute approximate surface area is 141 Å². The maximum Gasteiger partial charge on any atom is 0.312 e. The van der Waals surface area contributed by atoms with Gasteiger partial charge in [-0.1, -0.05) is 18.2 Å². The molecule has 0 amide bonds. The fourth-order valence-corrected chi connectivity index (χ4v) is 3.00. The topological polar surface area (TPSA) is 48.4 Å². The van der Waals surface area contributed by atoms with Crippen molar-refractivity contribution >= 4 is 21.9 Å². The van der Waals surface area contributed by atoms with Gasteiger partial charge in [0, 0.05) is 34.6 Å². The number of esters is 1. The number of rotatable bonds is 4. The summed E-state index contributed by atoms with van der Waals surface area (Å²) in [7, 11) is 0. The molecule has 23 heavy (non-hydrogen) atoms. The first-order chi connectivity index (χ1) is 11.1. The number of nitrogens with zero attached hydrogens (tertiary/aromatic N) is 1. The predicted octanol–water partition coefficient (Wildman–Crippen LogP) is 3.80. The molecule has 0 radical (unpaired) electrons. The van der Waals surface area contributed by atoms with E-state index in [1.807, 2.05) is 6.07 Å². The van der Waals surface area contributed by atoms with E-state index in [2.05, 4.69) is 20.9 Å². The van der Waals surface area contributed by atoms with Crippen LogP contribution in [0.1, 0.15) is 23.7 Å². The Bertz CT molecular complexity index is 710. The zero-order valence-electron chi connectivity index (χ0n) is 12.2. The SMILES string of the molecule is O=C(OCc1ccccc1F)[C@@H]1CCO[C@H]1c1cncc(Br)c1. The second-order valence-electron chi connectivity index (χ2n) is 5.32. The Morgan fingerprint density at radius 1 is 1.39 bits per heavy atom. The maximum atomic E-state index is 13.6. The standard InChI is InChI=1S/C17H15BrFNO3/c18-13-7-12(8-20-9-13)16-14(5-6-22-16)17(21)23-10-11-3-1-2-4-15(11)19/h1-4,7-9,14,16H,5-6,10H2/t14-,16+/m1/s1. The molecule has 6 heteroatoms. The highest BCUT2D eigenvalue weighted by Crippen LogP contribution is 2.36. The number of carbonyl (C=O) groups excluding carboxylic acids is 1. The van der Waals surface area contributed by atoms with Crippen molar-refractivity contribution in [3.8, 4) is 0 Å². The van der Waals surface area contributed by atoms with Gasteiger partial charge in [-0.15, -0.1) is 0 Å². The Morgan fingerprint density at radius 3 is 3.00 bits per heavy atom. The molecule has 0 N–H and O–H groups in total. The van der Waals surface area contributed by atoms with Gasteiger partial charge in [0.05, 0.1) is 12.0 Å². The summed E-state index contributed by atoms with van der Waals surface area (Å²) in [6.45, 7) is 0.405. The molecule has 2 heterocycles. The van der Waals surface area contributed by atoms with Gasteiger partial charge in [-0.3, -0.25) is 9.78 Å². The molecule has 0 aliphatic carbocycles. The minimum Gasteiger partial charge on any atom is -0.460 e. The summed E-state index contributed by atoms with van der Waals surface area (Å²) < 4.78 is 25.3. The quantitative estimate of drug-likeness (QED) is 0.757. The van der Waals surface area contributed by atoms with Crippen molar-refractivity contribution in [1.82, 2.24) is 4.98 Å². The lowest BCUT2D eigenvalue weighted by Gasteiger charge is -2.18. The van der Waals surface area contributed by atoms with Crippen molar-refractivity contribution < 1.29 is 18.7 Å². The molecule has 4 nitrogen and oxygen atoms in total. The molecule has 0 bridgehead atoms. The summed E-state index contributed by atoms with van der Waals surface area (Å²) in [6.07, 6.45) is 3.54. The lowest BCUT2D eigenvalue weighted by atomic mass is 9.96. The zero-order valence-corrected chi connectivity index (χ0v) is 13.8. The van der Waals surface area contributed by atoms with Crippen molar-refractivity contribution in [2.45, 2.75) is 19.1 Å². The van der Waals surface area contributed by atoms with Crippen LogP contribution < -0.4 is 0 Å². The third-order valence-electron chi connectivity index (χ3n) is 3.78. The lowest BCUT2D eigenvalue weighted by Crippen LogP contribution is -2.21. The average molecular weight is 380 g/mol. The normalized spacial score (nSPS) is 20.4. The van der Waals surface area contributed by atoms with Gasteiger partial charge in [0.1, 0.15) is 12.4 Å². The van der Waals surface area contributed by atoms with Crippen molar-refractivity contribution in [3.05, 3.63) is 64.1 Å². The van der Waals surface area contributed by atoms with E-state index in [-0.39, 0.29) is 24.5 Å². The smallest absolute Gasteiger partial charge is 0.312 e. The van der Waals surface area contributed by atoms with Crippen LogP contribution in [-0.4, -0.2) is 17.6 Å². The minimum atomic E-state index is -0.405. The van der Waals surface area contributed by atoms with Gasteiger partial charge in [0.15, 0.2) is 0 Å². The van der Waals surface area contributed by atoms with Gasteiger partial charge in [-0.05, 0) is 34.5 Å². The van der Waals surface area contributed by atoms with E-state index in [1.165, 1.54) is 6.07 Å². The van der Waals surface area contributed by atoms with Crippen LogP contribution in [0.4, 0.5) is 4.39 Å². The van der Waals surface area contributed by atoms with Crippen LogP contribution >= 0.6 is 15.9 Å². The Hall–Kier alpha value is -1.79. The second-order valence-corrected chi connectivity index (χ2v) is 6.24. The molecule has 0 saturated carbocycles. The van der Waals surface area contributed by atoms with E-state index in [1.54, 1.807) is 30.6 Å². The largest absolute Gasteiger partial charge is 0.460 e. The van der Waals surface area contributed by atoms with Gasteiger partial charge in [-0.25, -0.2) is 4.39 Å². The van der Waals surface area contributed by atoms with Crippen molar-refractivity contribution in [2.24, 2.45) is 5.92 Å². The summed E-state index contributed by atoms with van der Waals surface area (Å²) >= 11 is 3.36. The van der Waals surface area contributed by atoms with Gasteiger partial charge >= 0.3 is 5.97 Å². The molecule has 1 fully saturated rings. The zero-order chi connectivity index (χ0) is 16.2. The number of halogens is 2. The van der Waals surface area contributed by atoms with Crippen LogP contribution in [0, 0.1) is 11.7 Å². The van der Waals surface area contributed by atoms with Gasteiger partial charge in [-0.2, -0.15) is 0 Å². The molecule has 3 rings (SSSR count). The summed E-state index contributed by atoms with van der Waals surface area (Å²) in [4.78, 5) is 16.4. The number of hydrogen-bond acceptors (Lipinski definition) is 4. The molecular formula is C17H15BrFNO3. The van der Waals surface area contributed by atoms with Crippen LogP contribution in [-0.2, 0) is 20.9 Å². The number of benzene rings is 1. The number of carbonyl (C=O) groups is 1. The third-order valence-corrected chi connectivity index (χ3v) is 4.21. The first kappa shape index (κ1) is 16.1. The van der Waals surface area contributed by atoms with E-state index in [0.717, 1.165) is 10.0 Å². The van der Waals surface area contributed by atoms with Crippen molar-refractivity contribution in [1.29, 1.82) is 0 Å². The molecule has 1 aliphatic rings. The van der Waals surface area contributed by atoms with Crippen molar-refractivity contribution in [2.75, 3.05) is 6.61 Å². The maximum absolute atomic E-state index is 13.6. The molecule has 0 unspecified atom stereocenters.